The molecule has 1 fully saturated rings. The first-order valence-corrected chi connectivity index (χ1v) is 6.66. The molecule has 1 atom stereocenters. The summed E-state index contributed by atoms with van der Waals surface area (Å²) in [6.45, 7) is 2.94. The Balaban J connectivity index is 2.29. The fraction of sp³-hybridized carbons (Fsp3) is 0.429. The standard InChI is InChI=1S/C14H18FN3O2/c1-2-5-17-11-4-3-10(15)7-12(11)18-8-9(14(16)20)6-13(18)19/h3-4,7,9,17H,2,5-6,8H2,1H3,(H2,16,20). The van der Waals surface area contributed by atoms with Gasteiger partial charge in [0.1, 0.15) is 5.82 Å². The first-order valence-electron chi connectivity index (χ1n) is 6.66. The van der Waals surface area contributed by atoms with Crippen molar-refractivity contribution in [1.82, 2.24) is 0 Å². The number of carbonyl (C=O) groups is 2. The topological polar surface area (TPSA) is 75.4 Å². The molecule has 1 aromatic rings. The zero-order valence-corrected chi connectivity index (χ0v) is 11.4. The molecule has 1 aliphatic heterocycles. The second-order valence-corrected chi connectivity index (χ2v) is 4.90. The van der Waals surface area contributed by atoms with Crippen molar-refractivity contribution < 1.29 is 14.0 Å². The van der Waals surface area contributed by atoms with Crippen LogP contribution in [0.25, 0.3) is 0 Å². The maximum absolute atomic E-state index is 13.4. The van der Waals surface area contributed by atoms with Gasteiger partial charge in [-0.15, -0.1) is 0 Å². The Morgan fingerprint density at radius 3 is 2.90 bits per heavy atom. The van der Waals surface area contributed by atoms with Gasteiger partial charge < -0.3 is 16.0 Å². The van der Waals surface area contributed by atoms with Gasteiger partial charge in [0.2, 0.25) is 11.8 Å². The fourth-order valence-electron chi connectivity index (χ4n) is 2.27. The number of rotatable bonds is 5. The van der Waals surface area contributed by atoms with Gasteiger partial charge in [-0.3, -0.25) is 9.59 Å². The summed E-state index contributed by atoms with van der Waals surface area (Å²) in [7, 11) is 0. The van der Waals surface area contributed by atoms with E-state index in [2.05, 4.69) is 5.32 Å². The van der Waals surface area contributed by atoms with Crippen molar-refractivity contribution in [3.8, 4) is 0 Å². The van der Waals surface area contributed by atoms with Crippen molar-refractivity contribution in [3.63, 3.8) is 0 Å². The molecule has 3 N–H and O–H groups in total. The van der Waals surface area contributed by atoms with E-state index in [0.29, 0.717) is 11.4 Å². The highest BCUT2D eigenvalue weighted by atomic mass is 19.1. The summed E-state index contributed by atoms with van der Waals surface area (Å²) in [5, 5.41) is 3.15. The average molecular weight is 279 g/mol. The van der Waals surface area contributed by atoms with Crippen molar-refractivity contribution in [2.24, 2.45) is 11.7 Å². The zero-order chi connectivity index (χ0) is 14.7. The number of carbonyl (C=O) groups excluding carboxylic acids is 2. The number of halogens is 1. The summed E-state index contributed by atoms with van der Waals surface area (Å²) in [5.41, 5.74) is 6.39. The third kappa shape index (κ3) is 2.89. The second-order valence-electron chi connectivity index (χ2n) is 4.90. The summed E-state index contributed by atoms with van der Waals surface area (Å²) in [4.78, 5) is 24.6. The number of benzene rings is 1. The molecular formula is C14H18FN3O2. The molecule has 0 spiro atoms. The molecule has 1 aliphatic rings. The predicted molar refractivity (Wildman–Crippen MR) is 74.8 cm³/mol. The average Bonchev–Trinajstić information content (AvgIpc) is 2.79. The summed E-state index contributed by atoms with van der Waals surface area (Å²) in [6.07, 6.45) is 0.994. The van der Waals surface area contributed by atoms with Gasteiger partial charge in [-0.2, -0.15) is 0 Å². The van der Waals surface area contributed by atoms with Gasteiger partial charge in [0.05, 0.1) is 17.3 Å². The van der Waals surface area contributed by atoms with Crippen LogP contribution in [0.4, 0.5) is 15.8 Å². The van der Waals surface area contributed by atoms with Crippen molar-refractivity contribution in [3.05, 3.63) is 24.0 Å². The van der Waals surface area contributed by atoms with Crippen LogP contribution < -0.4 is 16.0 Å². The predicted octanol–water partition coefficient (Wildman–Crippen LogP) is 1.49. The van der Waals surface area contributed by atoms with Gasteiger partial charge in [-0.05, 0) is 24.6 Å². The van der Waals surface area contributed by atoms with Crippen LogP contribution in [0.5, 0.6) is 0 Å². The fourth-order valence-corrected chi connectivity index (χ4v) is 2.27. The highest BCUT2D eigenvalue weighted by Crippen LogP contribution is 2.32. The van der Waals surface area contributed by atoms with Crippen LogP contribution in [0.1, 0.15) is 19.8 Å². The van der Waals surface area contributed by atoms with Crippen LogP contribution in [0, 0.1) is 11.7 Å². The molecule has 6 heteroatoms. The molecule has 2 rings (SSSR count). The first-order chi connectivity index (χ1) is 9.52. The highest BCUT2D eigenvalue weighted by molar-refractivity contribution is 6.02. The minimum absolute atomic E-state index is 0.0824. The Bertz CT molecular complexity index is 533. The van der Waals surface area contributed by atoms with Crippen LogP contribution >= 0.6 is 0 Å². The van der Waals surface area contributed by atoms with Gasteiger partial charge in [0.15, 0.2) is 0 Å². The Morgan fingerprint density at radius 1 is 1.55 bits per heavy atom. The monoisotopic (exact) mass is 279 g/mol. The van der Waals surface area contributed by atoms with E-state index in [0.717, 1.165) is 13.0 Å². The first kappa shape index (κ1) is 14.3. The van der Waals surface area contributed by atoms with E-state index in [-0.39, 0.29) is 18.9 Å². The lowest BCUT2D eigenvalue weighted by Gasteiger charge is -2.21. The molecule has 0 saturated carbocycles. The zero-order valence-electron chi connectivity index (χ0n) is 11.4. The molecular weight excluding hydrogens is 261 g/mol. The molecule has 0 radical (unpaired) electrons. The number of primary amides is 1. The number of nitrogens with two attached hydrogens (primary N) is 1. The Labute approximate surface area is 116 Å². The lowest BCUT2D eigenvalue weighted by Crippen LogP contribution is -2.29. The largest absolute Gasteiger partial charge is 0.383 e. The maximum atomic E-state index is 13.4. The Morgan fingerprint density at radius 2 is 2.30 bits per heavy atom. The molecule has 108 valence electrons. The smallest absolute Gasteiger partial charge is 0.227 e. The number of hydrogen-bond acceptors (Lipinski definition) is 3. The molecule has 0 aliphatic carbocycles. The van der Waals surface area contributed by atoms with E-state index in [1.165, 1.54) is 17.0 Å². The number of amides is 2. The van der Waals surface area contributed by atoms with Gasteiger partial charge in [0, 0.05) is 19.5 Å². The van der Waals surface area contributed by atoms with E-state index in [9.17, 15) is 14.0 Å². The molecule has 0 aromatic heterocycles. The lowest BCUT2D eigenvalue weighted by molar-refractivity contribution is -0.123. The minimum Gasteiger partial charge on any atom is -0.383 e. The van der Waals surface area contributed by atoms with Gasteiger partial charge in [-0.25, -0.2) is 4.39 Å². The molecule has 5 nitrogen and oxygen atoms in total. The molecule has 1 heterocycles. The summed E-state index contributed by atoms with van der Waals surface area (Å²) in [5.74, 6) is -1.64. The van der Waals surface area contributed by atoms with Crippen LogP contribution in [0.15, 0.2) is 18.2 Å². The lowest BCUT2D eigenvalue weighted by atomic mass is 10.1. The highest BCUT2D eigenvalue weighted by Gasteiger charge is 2.35. The van der Waals surface area contributed by atoms with Crippen LogP contribution in [0.3, 0.4) is 0 Å². The molecule has 2 amide bonds. The van der Waals surface area contributed by atoms with Crippen LogP contribution in [-0.4, -0.2) is 24.9 Å². The quantitative estimate of drug-likeness (QED) is 0.857. The van der Waals surface area contributed by atoms with Crippen molar-refractivity contribution in [2.75, 3.05) is 23.3 Å². The number of nitrogens with zero attached hydrogens (tertiary/aromatic N) is 1. The third-order valence-corrected chi connectivity index (χ3v) is 3.34. The SMILES string of the molecule is CCCNc1ccc(F)cc1N1CC(C(N)=O)CC1=O. The van der Waals surface area contributed by atoms with Crippen molar-refractivity contribution >= 4 is 23.2 Å². The normalized spacial score (nSPS) is 18.4. The molecule has 0 bridgehead atoms. The molecule has 1 aromatic carbocycles. The van der Waals surface area contributed by atoms with E-state index in [1.54, 1.807) is 6.07 Å². The number of nitrogens with one attached hydrogen (secondary N) is 1. The second kappa shape index (κ2) is 5.90. The molecule has 20 heavy (non-hydrogen) atoms. The summed E-state index contributed by atoms with van der Waals surface area (Å²) < 4.78 is 13.4. The van der Waals surface area contributed by atoms with E-state index in [1.807, 2.05) is 6.92 Å². The summed E-state index contributed by atoms with van der Waals surface area (Å²) >= 11 is 0. The van der Waals surface area contributed by atoms with Gasteiger partial charge in [-0.1, -0.05) is 6.92 Å². The van der Waals surface area contributed by atoms with Crippen LogP contribution in [-0.2, 0) is 9.59 Å². The van der Waals surface area contributed by atoms with Crippen LogP contribution in [0.2, 0.25) is 0 Å². The number of hydrogen-bond donors (Lipinski definition) is 2. The Kier molecular flexibility index (Phi) is 4.22. The molecule has 1 saturated heterocycles. The third-order valence-electron chi connectivity index (χ3n) is 3.34. The summed E-state index contributed by atoms with van der Waals surface area (Å²) in [6, 6.07) is 4.25. The van der Waals surface area contributed by atoms with Crippen molar-refractivity contribution in [2.45, 2.75) is 19.8 Å². The Hall–Kier alpha value is -2.11. The molecule has 1 unspecified atom stereocenters. The van der Waals surface area contributed by atoms with Gasteiger partial charge >= 0.3 is 0 Å². The van der Waals surface area contributed by atoms with Crippen molar-refractivity contribution in [1.29, 1.82) is 0 Å². The van der Waals surface area contributed by atoms with E-state index >= 15 is 0 Å². The number of anilines is 2. The van der Waals surface area contributed by atoms with E-state index in [4.69, 9.17) is 5.73 Å². The van der Waals surface area contributed by atoms with E-state index < -0.39 is 17.6 Å². The maximum Gasteiger partial charge on any atom is 0.227 e. The minimum atomic E-state index is -0.509. The van der Waals surface area contributed by atoms with Gasteiger partial charge in [0.25, 0.3) is 0 Å².